The predicted octanol–water partition coefficient (Wildman–Crippen LogP) is 3.07. The zero-order chi connectivity index (χ0) is 18.0. The fourth-order valence-corrected chi connectivity index (χ4v) is 3.22. The Hall–Kier alpha value is -1.73. The zero-order valence-corrected chi connectivity index (χ0v) is 16.1. The van der Waals surface area contributed by atoms with Crippen LogP contribution in [0.2, 0.25) is 10.0 Å². The summed E-state index contributed by atoms with van der Waals surface area (Å²) in [5.41, 5.74) is 6.37. The molecule has 140 valence electrons. The van der Waals surface area contributed by atoms with Gasteiger partial charge in [0.25, 0.3) is 11.8 Å². The smallest absolute Gasteiger partial charge is 0.257 e. The monoisotopic (exact) mass is 417 g/mol. The molecule has 3 rings (SSSR count). The maximum absolute atomic E-state index is 12.6. The van der Waals surface area contributed by atoms with Crippen molar-refractivity contribution in [2.24, 2.45) is 5.73 Å². The molecular weight excluding hydrogens is 401 g/mol. The molecule has 0 aliphatic carbocycles. The molecule has 1 aliphatic rings. The van der Waals surface area contributed by atoms with Crippen LogP contribution in [0.1, 0.15) is 26.5 Å². The first kappa shape index (κ1) is 20.6. The number of carbonyl (C=O) groups is 2. The van der Waals surface area contributed by atoms with E-state index in [2.05, 4.69) is 0 Å². The Labute approximate surface area is 167 Å². The highest BCUT2D eigenvalue weighted by Crippen LogP contribution is 2.23. The van der Waals surface area contributed by atoms with Crippen molar-refractivity contribution in [2.45, 2.75) is 6.54 Å². The molecule has 2 aromatic rings. The van der Waals surface area contributed by atoms with Crippen molar-refractivity contribution in [3.05, 3.63) is 57.5 Å². The van der Waals surface area contributed by atoms with E-state index in [1.807, 2.05) is 0 Å². The summed E-state index contributed by atoms with van der Waals surface area (Å²) >= 11 is 12.0. The number of rotatable bonds is 3. The van der Waals surface area contributed by atoms with Crippen molar-refractivity contribution in [3.8, 4) is 0 Å². The molecule has 1 aliphatic heterocycles. The molecule has 0 unspecified atom stereocenters. The molecule has 2 N–H and O–H groups in total. The highest BCUT2D eigenvalue weighted by Gasteiger charge is 2.27. The molecule has 1 aromatic heterocycles. The molecule has 0 spiro atoms. The van der Waals surface area contributed by atoms with Crippen LogP contribution in [0.3, 0.4) is 0 Å². The average Bonchev–Trinajstić information content (AvgIpc) is 3.10. The van der Waals surface area contributed by atoms with Crippen molar-refractivity contribution in [1.82, 2.24) is 9.80 Å². The zero-order valence-electron chi connectivity index (χ0n) is 13.8. The normalized spacial score (nSPS) is 14.1. The van der Waals surface area contributed by atoms with Crippen LogP contribution in [0, 0.1) is 0 Å². The number of halogens is 3. The van der Waals surface area contributed by atoms with Crippen molar-refractivity contribution in [2.75, 3.05) is 26.2 Å². The Morgan fingerprint density at radius 1 is 1.04 bits per heavy atom. The first-order valence-electron chi connectivity index (χ1n) is 7.80. The number of nitrogens with two attached hydrogens (primary N) is 1. The van der Waals surface area contributed by atoms with Gasteiger partial charge in [0.05, 0.1) is 22.7 Å². The van der Waals surface area contributed by atoms with Gasteiger partial charge < -0.3 is 20.0 Å². The number of nitrogens with zero attached hydrogens (tertiary/aromatic N) is 2. The van der Waals surface area contributed by atoms with E-state index in [0.29, 0.717) is 53.1 Å². The van der Waals surface area contributed by atoms with Crippen LogP contribution < -0.4 is 5.73 Å². The molecule has 1 saturated heterocycles. The van der Waals surface area contributed by atoms with Gasteiger partial charge in [-0.3, -0.25) is 9.59 Å². The molecule has 6 nitrogen and oxygen atoms in total. The van der Waals surface area contributed by atoms with E-state index in [9.17, 15) is 9.59 Å². The van der Waals surface area contributed by atoms with E-state index < -0.39 is 0 Å². The van der Waals surface area contributed by atoms with Gasteiger partial charge in [-0.2, -0.15) is 0 Å². The molecular formula is C17H18Cl3N3O3. The number of piperazine rings is 1. The third-order valence-corrected chi connectivity index (χ3v) is 4.67. The van der Waals surface area contributed by atoms with Crippen LogP contribution in [0.15, 0.2) is 34.9 Å². The molecule has 1 fully saturated rings. The fourth-order valence-electron chi connectivity index (χ4n) is 2.73. The minimum Gasteiger partial charge on any atom is -0.467 e. The van der Waals surface area contributed by atoms with Gasteiger partial charge in [-0.15, -0.1) is 12.4 Å². The SMILES string of the molecule is Cl.NCc1cc(C(=O)N2CCN(C(=O)c3ccc(Cl)cc3Cl)CC2)co1. The highest BCUT2D eigenvalue weighted by molar-refractivity contribution is 6.36. The Balaban J connectivity index is 0.00000243. The summed E-state index contributed by atoms with van der Waals surface area (Å²) in [7, 11) is 0. The van der Waals surface area contributed by atoms with Crippen LogP contribution in [0.25, 0.3) is 0 Å². The van der Waals surface area contributed by atoms with E-state index in [1.165, 1.54) is 6.26 Å². The van der Waals surface area contributed by atoms with Crippen LogP contribution in [-0.4, -0.2) is 47.8 Å². The fraction of sp³-hybridized carbons (Fsp3) is 0.294. The van der Waals surface area contributed by atoms with Crippen molar-refractivity contribution in [3.63, 3.8) is 0 Å². The molecule has 0 radical (unpaired) electrons. The third kappa shape index (κ3) is 4.32. The summed E-state index contributed by atoms with van der Waals surface area (Å²) in [4.78, 5) is 28.4. The molecule has 9 heteroatoms. The standard InChI is InChI=1S/C17H17Cl2N3O3.ClH/c18-12-1-2-14(15(19)8-12)17(24)22-5-3-21(4-6-22)16(23)11-7-13(9-20)25-10-11;/h1-2,7-8,10H,3-6,9,20H2;1H. The van der Waals surface area contributed by atoms with Gasteiger partial charge in [-0.25, -0.2) is 0 Å². The van der Waals surface area contributed by atoms with Gasteiger partial charge >= 0.3 is 0 Å². The molecule has 2 heterocycles. The largest absolute Gasteiger partial charge is 0.467 e. The first-order valence-corrected chi connectivity index (χ1v) is 8.56. The number of furan rings is 1. The summed E-state index contributed by atoms with van der Waals surface area (Å²) < 4.78 is 5.20. The highest BCUT2D eigenvalue weighted by atomic mass is 35.5. The Morgan fingerprint density at radius 2 is 1.65 bits per heavy atom. The van der Waals surface area contributed by atoms with Crippen LogP contribution in [-0.2, 0) is 6.54 Å². The Bertz CT molecular complexity index is 802. The minimum atomic E-state index is -0.164. The second-order valence-corrected chi connectivity index (χ2v) is 6.56. The summed E-state index contributed by atoms with van der Waals surface area (Å²) in [5.74, 6) is 0.275. The molecule has 2 amide bonds. The summed E-state index contributed by atoms with van der Waals surface area (Å²) in [6.07, 6.45) is 1.41. The molecule has 0 bridgehead atoms. The molecule has 0 atom stereocenters. The number of carbonyl (C=O) groups excluding carboxylic acids is 2. The molecule has 26 heavy (non-hydrogen) atoms. The van der Waals surface area contributed by atoms with Gasteiger partial charge in [-0.05, 0) is 24.3 Å². The Kier molecular flexibility index (Phi) is 6.94. The molecule has 1 aromatic carbocycles. The lowest BCUT2D eigenvalue weighted by molar-refractivity contribution is 0.0535. The number of benzene rings is 1. The van der Waals surface area contributed by atoms with Crippen LogP contribution in [0.5, 0.6) is 0 Å². The number of hydrogen-bond acceptors (Lipinski definition) is 4. The van der Waals surface area contributed by atoms with E-state index in [4.69, 9.17) is 33.4 Å². The second kappa shape index (κ2) is 8.77. The maximum Gasteiger partial charge on any atom is 0.257 e. The van der Waals surface area contributed by atoms with Gasteiger partial charge in [-0.1, -0.05) is 23.2 Å². The lowest BCUT2D eigenvalue weighted by Gasteiger charge is -2.34. The summed E-state index contributed by atoms with van der Waals surface area (Å²) in [6.45, 7) is 2.01. The third-order valence-electron chi connectivity index (χ3n) is 4.12. The van der Waals surface area contributed by atoms with Gasteiger partial charge in [0.15, 0.2) is 0 Å². The quantitative estimate of drug-likeness (QED) is 0.831. The summed E-state index contributed by atoms with van der Waals surface area (Å²) in [5, 5.41) is 0.803. The van der Waals surface area contributed by atoms with Gasteiger partial charge in [0, 0.05) is 31.2 Å². The maximum atomic E-state index is 12.6. The van der Waals surface area contributed by atoms with E-state index in [0.717, 1.165) is 0 Å². The summed E-state index contributed by atoms with van der Waals surface area (Å²) in [6, 6.07) is 6.44. The van der Waals surface area contributed by atoms with E-state index >= 15 is 0 Å². The first-order chi connectivity index (χ1) is 12.0. The van der Waals surface area contributed by atoms with Gasteiger partial charge in [0.2, 0.25) is 0 Å². The van der Waals surface area contributed by atoms with Crippen LogP contribution >= 0.6 is 35.6 Å². The minimum absolute atomic E-state index is 0. The average molecular weight is 419 g/mol. The number of amides is 2. The lowest BCUT2D eigenvalue weighted by Crippen LogP contribution is -2.50. The molecule has 0 saturated carbocycles. The second-order valence-electron chi connectivity index (χ2n) is 5.71. The van der Waals surface area contributed by atoms with Crippen molar-refractivity contribution >= 4 is 47.4 Å². The lowest BCUT2D eigenvalue weighted by atomic mass is 10.1. The van der Waals surface area contributed by atoms with Crippen molar-refractivity contribution in [1.29, 1.82) is 0 Å². The Morgan fingerprint density at radius 3 is 2.19 bits per heavy atom. The van der Waals surface area contributed by atoms with Crippen molar-refractivity contribution < 1.29 is 14.0 Å². The van der Waals surface area contributed by atoms with E-state index in [1.54, 1.807) is 34.1 Å². The topological polar surface area (TPSA) is 79.8 Å². The number of hydrogen-bond donors (Lipinski definition) is 1. The predicted molar refractivity (Wildman–Crippen MR) is 102 cm³/mol. The van der Waals surface area contributed by atoms with E-state index in [-0.39, 0.29) is 30.8 Å². The van der Waals surface area contributed by atoms with Crippen LogP contribution in [0.4, 0.5) is 0 Å². The van der Waals surface area contributed by atoms with Gasteiger partial charge in [0.1, 0.15) is 12.0 Å².